The van der Waals surface area contributed by atoms with E-state index in [9.17, 15) is 10.2 Å². The van der Waals surface area contributed by atoms with Crippen molar-refractivity contribution in [1.82, 2.24) is 0 Å². The van der Waals surface area contributed by atoms with Gasteiger partial charge >= 0.3 is 0 Å². The molecule has 0 spiro atoms. The van der Waals surface area contributed by atoms with Crippen LogP contribution in [-0.2, 0) is 4.74 Å². The molecule has 5 aromatic carbocycles. The zero-order chi connectivity index (χ0) is 43.6. The van der Waals surface area contributed by atoms with Crippen molar-refractivity contribution in [2.45, 2.75) is 151 Å². The summed E-state index contributed by atoms with van der Waals surface area (Å²) in [5.74, 6) is 3.32. The minimum atomic E-state index is 0.273. The van der Waals surface area contributed by atoms with Crippen molar-refractivity contribution in [3.8, 4) is 56.0 Å². The second-order valence-electron chi connectivity index (χ2n) is 18.9. The summed E-state index contributed by atoms with van der Waals surface area (Å²) in [5.41, 5.74) is 18.7. The summed E-state index contributed by atoms with van der Waals surface area (Å²) in [4.78, 5) is 1.05. The van der Waals surface area contributed by atoms with Crippen LogP contribution >= 0.6 is 11.8 Å². The molecule has 2 N–H and O–H groups in total. The van der Waals surface area contributed by atoms with E-state index in [1.807, 2.05) is 0 Å². The number of ether oxygens (including phenoxy) is 1. The molecule has 0 unspecified atom stereocenters. The number of thioether (sulfide) groups is 1. The molecule has 0 atom stereocenters. The number of methoxy groups -OCH3 is 1. The van der Waals surface area contributed by atoms with Crippen LogP contribution in [0.1, 0.15) is 175 Å². The quantitative estimate of drug-likeness (QED) is 0.0817. The first-order chi connectivity index (χ1) is 27.8. The van der Waals surface area contributed by atoms with Gasteiger partial charge < -0.3 is 14.9 Å². The van der Waals surface area contributed by atoms with Crippen LogP contribution < -0.4 is 0 Å². The van der Waals surface area contributed by atoms with Crippen molar-refractivity contribution in [3.05, 3.63) is 111 Å². The van der Waals surface area contributed by atoms with Gasteiger partial charge in [0.1, 0.15) is 11.5 Å². The van der Waals surface area contributed by atoms with Gasteiger partial charge in [-0.3, -0.25) is 0 Å². The molecular formula is C55H72O3S. The van der Waals surface area contributed by atoms with Crippen LogP contribution in [0, 0.1) is 20.8 Å². The lowest BCUT2D eigenvalue weighted by atomic mass is 9.80. The molecule has 0 aliphatic carbocycles. The number of hydrogen-bond acceptors (Lipinski definition) is 4. The van der Waals surface area contributed by atoms with Gasteiger partial charge in [-0.05, 0) is 159 Å². The molecule has 5 aromatic rings. The van der Waals surface area contributed by atoms with Crippen LogP contribution in [0.3, 0.4) is 0 Å². The summed E-state index contributed by atoms with van der Waals surface area (Å²) in [6.45, 7) is 34.2. The van der Waals surface area contributed by atoms with E-state index in [4.69, 9.17) is 4.74 Å². The van der Waals surface area contributed by atoms with Gasteiger partial charge in [-0.1, -0.05) is 119 Å². The van der Waals surface area contributed by atoms with Gasteiger partial charge in [0, 0.05) is 46.6 Å². The van der Waals surface area contributed by atoms with Gasteiger partial charge in [0.2, 0.25) is 0 Å². The number of phenolic OH excluding ortho intramolecular Hbond substituents is 2. The number of benzene rings is 5. The van der Waals surface area contributed by atoms with Crippen LogP contribution in [0.5, 0.6) is 11.5 Å². The molecule has 0 saturated heterocycles. The van der Waals surface area contributed by atoms with Crippen LogP contribution in [0.2, 0.25) is 0 Å². The summed E-state index contributed by atoms with van der Waals surface area (Å²) in [6, 6.07) is 22.5. The predicted octanol–water partition coefficient (Wildman–Crippen LogP) is 16.6. The van der Waals surface area contributed by atoms with Gasteiger partial charge in [-0.15, -0.1) is 11.8 Å². The summed E-state index contributed by atoms with van der Waals surface area (Å²) < 4.78 is 5.50. The highest BCUT2D eigenvalue weighted by Gasteiger charge is 2.27. The molecular weight excluding hydrogens is 741 g/mol. The maximum absolute atomic E-state index is 12.7. The Balaban J connectivity index is 1.87. The highest BCUT2D eigenvalue weighted by atomic mass is 32.2. The van der Waals surface area contributed by atoms with Crippen molar-refractivity contribution in [2.75, 3.05) is 19.5 Å². The second-order valence-corrected chi connectivity index (χ2v) is 20.0. The maximum atomic E-state index is 12.7. The molecule has 0 bridgehead atoms. The molecule has 0 heterocycles. The highest BCUT2D eigenvalue weighted by Crippen LogP contribution is 2.52. The number of aryl methyl sites for hydroxylation is 3. The van der Waals surface area contributed by atoms with E-state index >= 15 is 0 Å². The third-order valence-electron chi connectivity index (χ3n) is 11.9. The Kier molecular flexibility index (Phi) is 15.0. The van der Waals surface area contributed by atoms with Crippen molar-refractivity contribution < 1.29 is 14.9 Å². The molecule has 0 amide bonds. The van der Waals surface area contributed by atoms with E-state index in [-0.39, 0.29) is 23.7 Å². The van der Waals surface area contributed by atoms with E-state index in [1.165, 1.54) is 33.4 Å². The van der Waals surface area contributed by atoms with Crippen LogP contribution in [0.4, 0.5) is 0 Å². The summed E-state index contributed by atoms with van der Waals surface area (Å²) in [5, 5.41) is 25.5. The van der Waals surface area contributed by atoms with Gasteiger partial charge in [0.25, 0.3) is 0 Å². The lowest BCUT2D eigenvalue weighted by Crippen LogP contribution is -2.05. The number of phenols is 2. The lowest BCUT2D eigenvalue weighted by molar-refractivity contribution is 0.200. The Labute approximate surface area is 362 Å². The fraction of sp³-hybridized carbons (Fsp3) is 0.455. The van der Waals surface area contributed by atoms with E-state index in [2.05, 4.69) is 165 Å². The predicted molar refractivity (Wildman–Crippen MR) is 257 cm³/mol. The highest BCUT2D eigenvalue weighted by molar-refractivity contribution is 7.99. The first kappa shape index (κ1) is 46.1. The minimum absolute atomic E-state index is 0.273. The number of rotatable bonds is 15. The Bertz CT molecular complexity index is 2080. The number of aromatic hydroxyl groups is 2. The molecule has 5 rings (SSSR count). The summed E-state index contributed by atoms with van der Waals surface area (Å²) in [6.07, 6.45) is 0.874. The van der Waals surface area contributed by atoms with Gasteiger partial charge in [0.15, 0.2) is 0 Å². The molecule has 316 valence electrons. The fourth-order valence-electron chi connectivity index (χ4n) is 8.59. The Hall–Kier alpha value is -3.99. The SMILES string of the molecule is COCCCSc1c(-c2cc(C)cc(-c3c(C(C)C)cc(C(C)C)cc3C(C)C)c2O)cc(C)cc1-c1cc(C)cc(-c2c(C(C)C)cc(C(C)C)cc2C(C)C)c1O. The Morgan fingerprint density at radius 3 is 1.03 bits per heavy atom. The van der Waals surface area contributed by atoms with Gasteiger partial charge in [-0.2, -0.15) is 0 Å². The average Bonchev–Trinajstić information content (AvgIpc) is 3.16. The number of hydrogen-bond donors (Lipinski definition) is 2. The van der Waals surface area contributed by atoms with E-state index in [1.54, 1.807) is 18.9 Å². The molecule has 0 aromatic heterocycles. The molecule has 0 saturated carbocycles. The van der Waals surface area contributed by atoms with E-state index in [0.717, 1.165) is 78.3 Å². The molecule has 0 aliphatic rings. The normalized spacial score (nSPS) is 12.1. The molecule has 0 fully saturated rings. The topological polar surface area (TPSA) is 49.7 Å². The molecule has 4 heteroatoms. The van der Waals surface area contributed by atoms with Gasteiger partial charge in [-0.25, -0.2) is 0 Å². The van der Waals surface area contributed by atoms with Gasteiger partial charge in [0.05, 0.1) is 0 Å². The summed E-state index contributed by atoms with van der Waals surface area (Å²) in [7, 11) is 1.75. The standard InChI is InChI=1S/C55H72O3S/c1-30(2)39-26-41(32(5)6)51(42(27-39)33(7)8)49-24-36(13)20-45(53(49)56)47-22-38(15)23-48(55(47)59-19-17-18-58-16)46-21-37(14)25-50(54(46)57)52-43(34(9)10)28-40(31(3)4)29-44(52)35(11)12/h20-35,56-57H,17-19H2,1-16H3. The zero-order valence-corrected chi connectivity index (χ0v) is 39.9. The zero-order valence-electron chi connectivity index (χ0n) is 39.1. The first-order valence-electron chi connectivity index (χ1n) is 22.1. The maximum Gasteiger partial charge on any atom is 0.131 e. The van der Waals surface area contributed by atoms with Crippen molar-refractivity contribution in [3.63, 3.8) is 0 Å². The minimum Gasteiger partial charge on any atom is -0.507 e. The van der Waals surface area contributed by atoms with Crippen molar-refractivity contribution in [1.29, 1.82) is 0 Å². The average molecular weight is 813 g/mol. The molecule has 59 heavy (non-hydrogen) atoms. The monoisotopic (exact) mass is 813 g/mol. The lowest BCUT2D eigenvalue weighted by Gasteiger charge is -2.26. The van der Waals surface area contributed by atoms with Crippen LogP contribution in [-0.4, -0.2) is 29.7 Å². The first-order valence-corrected chi connectivity index (χ1v) is 23.1. The molecule has 3 nitrogen and oxygen atoms in total. The molecule has 0 radical (unpaired) electrons. The molecule has 0 aliphatic heterocycles. The largest absolute Gasteiger partial charge is 0.507 e. The van der Waals surface area contributed by atoms with E-state index in [0.29, 0.717) is 29.9 Å². The third kappa shape index (κ3) is 9.81. The summed E-state index contributed by atoms with van der Waals surface area (Å²) >= 11 is 1.78. The van der Waals surface area contributed by atoms with Crippen molar-refractivity contribution in [2.24, 2.45) is 0 Å². The smallest absolute Gasteiger partial charge is 0.131 e. The van der Waals surface area contributed by atoms with Crippen molar-refractivity contribution >= 4 is 11.8 Å². The third-order valence-corrected chi connectivity index (χ3v) is 13.1. The Morgan fingerprint density at radius 1 is 0.441 bits per heavy atom. The fourth-order valence-corrected chi connectivity index (χ4v) is 9.70. The second kappa shape index (κ2) is 19.2. The van der Waals surface area contributed by atoms with E-state index < -0.39 is 0 Å². The van der Waals surface area contributed by atoms with Crippen LogP contribution in [0.25, 0.3) is 44.5 Å². The Morgan fingerprint density at radius 2 is 0.746 bits per heavy atom. The van der Waals surface area contributed by atoms with Crippen LogP contribution in [0.15, 0.2) is 65.6 Å².